The smallest absolute Gasteiger partial charge is 0.311 e. The lowest BCUT2D eigenvalue weighted by Gasteiger charge is -2.04. The van der Waals surface area contributed by atoms with Gasteiger partial charge >= 0.3 is 5.69 Å². The number of anilines is 1. The number of hydrogen-bond acceptors (Lipinski definition) is 4. The van der Waals surface area contributed by atoms with E-state index in [4.69, 9.17) is 0 Å². The molecule has 0 unspecified atom stereocenters. The van der Waals surface area contributed by atoms with Crippen LogP contribution in [0.5, 0.6) is 0 Å². The number of H-pyrrole nitrogens is 3. The Morgan fingerprint density at radius 3 is 2.65 bits per heavy atom. The molecule has 4 N–H and O–H groups in total. The van der Waals surface area contributed by atoms with Crippen molar-refractivity contribution in [1.82, 2.24) is 20.2 Å². The maximum absolute atomic E-state index is 11.7. The molecule has 8 heteroatoms. The molecule has 0 radical (unpaired) electrons. The van der Waals surface area contributed by atoms with Crippen molar-refractivity contribution in [3.05, 3.63) is 43.9 Å². The lowest BCUT2D eigenvalue weighted by Crippen LogP contribution is -2.27. The second-order valence-corrected chi connectivity index (χ2v) is 4.50. The SMILES string of the molecule is Cc1cc(NC(=O)CCc2c(C)[nH]c(=O)[nH]c2=O)n[nH]1. The molecule has 0 fully saturated rings. The van der Waals surface area contributed by atoms with Gasteiger partial charge < -0.3 is 10.3 Å². The van der Waals surface area contributed by atoms with Gasteiger partial charge in [0.15, 0.2) is 5.82 Å². The summed E-state index contributed by atoms with van der Waals surface area (Å²) in [6.45, 7) is 3.45. The molecule has 1 amide bonds. The van der Waals surface area contributed by atoms with Gasteiger partial charge in [0, 0.05) is 29.4 Å². The minimum absolute atomic E-state index is 0.127. The Morgan fingerprint density at radius 2 is 2.05 bits per heavy atom. The van der Waals surface area contributed by atoms with Gasteiger partial charge in [-0.05, 0) is 20.3 Å². The Hall–Kier alpha value is -2.64. The van der Waals surface area contributed by atoms with Gasteiger partial charge in [0.1, 0.15) is 0 Å². The van der Waals surface area contributed by atoms with Crippen LogP contribution in [0.4, 0.5) is 5.82 Å². The topological polar surface area (TPSA) is 124 Å². The summed E-state index contributed by atoms with van der Waals surface area (Å²) in [5.74, 6) is 0.195. The highest BCUT2D eigenvalue weighted by molar-refractivity contribution is 5.89. The molecule has 0 atom stereocenters. The van der Waals surface area contributed by atoms with E-state index in [1.54, 1.807) is 13.0 Å². The van der Waals surface area contributed by atoms with Crippen LogP contribution < -0.4 is 16.6 Å². The molecule has 2 heterocycles. The van der Waals surface area contributed by atoms with Gasteiger partial charge in [-0.2, -0.15) is 5.10 Å². The van der Waals surface area contributed by atoms with Crippen LogP contribution in [-0.4, -0.2) is 26.1 Å². The average Bonchev–Trinajstić information content (AvgIpc) is 2.73. The lowest BCUT2D eigenvalue weighted by atomic mass is 10.1. The second-order valence-electron chi connectivity index (χ2n) is 4.50. The Kier molecular flexibility index (Phi) is 3.83. The number of nitrogens with zero attached hydrogens (tertiary/aromatic N) is 1. The van der Waals surface area contributed by atoms with Gasteiger partial charge in [0.2, 0.25) is 5.91 Å². The molecule has 2 rings (SSSR count). The number of carbonyl (C=O) groups is 1. The highest BCUT2D eigenvalue weighted by atomic mass is 16.2. The maximum Gasteiger partial charge on any atom is 0.325 e. The first-order chi connectivity index (χ1) is 9.45. The van der Waals surface area contributed by atoms with Crippen LogP contribution in [-0.2, 0) is 11.2 Å². The molecule has 2 aromatic heterocycles. The number of rotatable bonds is 4. The van der Waals surface area contributed by atoms with E-state index in [0.717, 1.165) is 5.69 Å². The van der Waals surface area contributed by atoms with Crippen LogP contribution >= 0.6 is 0 Å². The Balaban J connectivity index is 2.00. The summed E-state index contributed by atoms with van der Waals surface area (Å²) in [5, 5.41) is 9.22. The second kappa shape index (κ2) is 5.55. The minimum atomic E-state index is -0.548. The monoisotopic (exact) mass is 277 g/mol. The molecule has 2 aromatic rings. The molecule has 0 aliphatic heterocycles. The molecule has 0 aromatic carbocycles. The van der Waals surface area contributed by atoms with Gasteiger partial charge in [-0.25, -0.2) is 4.79 Å². The first-order valence-corrected chi connectivity index (χ1v) is 6.09. The van der Waals surface area contributed by atoms with E-state index in [-0.39, 0.29) is 18.7 Å². The zero-order valence-corrected chi connectivity index (χ0v) is 11.2. The van der Waals surface area contributed by atoms with E-state index in [9.17, 15) is 14.4 Å². The van der Waals surface area contributed by atoms with E-state index >= 15 is 0 Å². The number of amides is 1. The number of aromatic amines is 3. The van der Waals surface area contributed by atoms with Crippen molar-refractivity contribution in [2.75, 3.05) is 5.32 Å². The van der Waals surface area contributed by atoms with E-state index in [1.807, 2.05) is 6.92 Å². The molecule has 0 saturated heterocycles. The maximum atomic E-state index is 11.7. The molecular weight excluding hydrogens is 262 g/mol. The quantitative estimate of drug-likeness (QED) is 0.626. The Bertz CT molecular complexity index is 740. The molecule has 20 heavy (non-hydrogen) atoms. The molecule has 0 spiro atoms. The zero-order chi connectivity index (χ0) is 14.7. The van der Waals surface area contributed by atoms with Crippen LogP contribution in [0, 0.1) is 13.8 Å². The van der Waals surface area contributed by atoms with E-state index in [0.29, 0.717) is 17.1 Å². The normalized spacial score (nSPS) is 10.5. The molecule has 8 nitrogen and oxygen atoms in total. The van der Waals surface area contributed by atoms with Crippen LogP contribution in [0.1, 0.15) is 23.4 Å². The number of carbonyl (C=O) groups excluding carboxylic acids is 1. The average molecular weight is 277 g/mol. The van der Waals surface area contributed by atoms with Crippen molar-refractivity contribution >= 4 is 11.7 Å². The van der Waals surface area contributed by atoms with Crippen molar-refractivity contribution < 1.29 is 4.79 Å². The third-order valence-electron chi connectivity index (χ3n) is 2.83. The third kappa shape index (κ3) is 3.22. The summed E-state index contributed by atoms with van der Waals surface area (Å²) in [5.41, 5.74) is 0.704. The van der Waals surface area contributed by atoms with E-state index in [1.165, 1.54) is 0 Å². The number of aromatic nitrogens is 4. The van der Waals surface area contributed by atoms with Crippen molar-refractivity contribution in [1.29, 1.82) is 0 Å². The number of aryl methyl sites for hydroxylation is 2. The van der Waals surface area contributed by atoms with Crippen LogP contribution in [0.25, 0.3) is 0 Å². The molecular formula is C12H15N5O3. The highest BCUT2D eigenvalue weighted by Crippen LogP contribution is 2.06. The Morgan fingerprint density at radius 1 is 1.30 bits per heavy atom. The summed E-state index contributed by atoms with van der Waals surface area (Å²) in [7, 11) is 0. The van der Waals surface area contributed by atoms with E-state index < -0.39 is 11.2 Å². The van der Waals surface area contributed by atoms with Gasteiger partial charge in [0.05, 0.1) is 0 Å². The van der Waals surface area contributed by atoms with Crippen molar-refractivity contribution in [2.24, 2.45) is 0 Å². The van der Waals surface area contributed by atoms with Gasteiger partial charge in [0.25, 0.3) is 5.56 Å². The van der Waals surface area contributed by atoms with Gasteiger partial charge in [-0.15, -0.1) is 0 Å². The van der Waals surface area contributed by atoms with Gasteiger partial charge in [-0.1, -0.05) is 0 Å². The minimum Gasteiger partial charge on any atom is -0.311 e. The summed E-state index contributed by atoms with van der Waals surface area (Å²) in [6.07, 6.45) is 0.370. The lowest BCUT2D eigenvalue weighted by molar-refractivity contribution is -0.116. The van der Waals surface area contributed by atoms with Crippen LogP contribution in [0.15, 0.2) is 15.7 Å². The molecule has 106 valence electrons. The molecule has 0 bridgehead atoms. The molecule has 0 aliphatic carbocycles. The number of hydrogen-bond donors (Lipinski definition) is 4. The number of nitrogens with one attached hydrogen (secondary N) is 4. The van der Waals surface area contributed by atoms with E-state index in [2.05, 4.69) is 25.5 Å². The fourth-order valence-electron chi connectivity index (χ4n) is 1.85. The fraction of sp³-hybridized carbons (Fsp3) is 0.333. The van der Waals surface area contributed by atoms with Crippen LogP contribution in [0.2, 0.25) is 0 Å². The summed E-state index contributed by atoms with van der Waals surface area (Å²) in [4.78, 5) is 39.0. The van der Waals surface area contributed by atoms with Crippen molar-refractivity contribution in [3.8, 4) is 0 Å². The molecule has 0 aliphatic rings. The standard InChI is InChI=1S/C12H15N5O3/c1-6-5-9(17-16-6)14-10(18)4-3-8-7(2)13-12(20)15-11(8)19/h5H,3-4H2,1-2H3,(H2,13,15,19,20)(H2,14,16,17,18). The van der Waals surface area contributed by atoms with Crippen molar-refractivity contribution in [3.63, 3.8) is 0 Å². The van der Waals surface area contributed by atoms with Crippen LogP contribution in [0.3, 0.4) is 0 Å². The highest BCUT2D eigenvalue weighted by Gasteiger charge is 2.10. The predicted octanol–water partition coefficient (Wildman–Crippen LogP) is -0.0256. The first kappa shape index (κ1) is 13.8. The summed E-state index contributed by atoms with van der Waals surface area (Å²) >= 11 is 0. The Labute approximate surface area is 113 Å². The summed E-state index contributed by atoms with van der Waals surface area (Å²) < 4.78 is 0. The zero-order valence-electron chi connectivity index (χ0n) is 11.2. The van der Waals surface area contributed by atoms with Crippen molar-refractivity contribution in [2.45, 2.75) is 26.7 Å². The predicted molar refractivity (Wildman–Crippen MR) is 72.7 cm³/mol. The largest absolute Gasteiger partial charge is 0.325 e. The summed E-state index contributed by atoms with van der Waals surface area (Å²) in [6, 6.07) is 1.70. The fourth-order valence-corrected chi connectivity index (χ4v) is 1.85. The first-order valence-electron chi connectivity index (χ1n) is 6.09. The third-order valence-corrected chi connectivity index (χ3v) is 2.83. The molecule has 0 saturated carbocycles. The van der Waals surface area contributed by atoms with Gasteiger partial charge in [-0.3, -0.25) is 19.7 Å².